The minimum Gasteiger partial charge on any atom is -0.469 e. The van der Waals surface area contributed by atoms with Crippen molar-refractivity contribution in [2.24, 2.45) is 5.92 Å². The smallest absolute Gasteiger partial charge is 0.317 e. The summed E-state index contributed by atoms with van der Waals surface area (Å²) in [7, 11) is 1.36. The Kier molecular flexibility index (Phi) is 6.80. The van der Waals surface area contributed by atoms with Gasteiger partial charge in [-0.25, -0.2) is 4.79 Å². The Morgan fingerprint density at radius 3 is 2.52 bits per heavy atom. The van der Waals surface area contributed by atoms with E-state index in [9.17, 15) is 14.4 Å². The minimum atomic E-state index is -0.275. The van der Waals surface area contributed by atoms with Crippen LogP contribution in [-0.4, -0.2) is 56.1 Å². The number of carbonyl (C=O) groups excluding carboxylic acids is 3. The zero-order chi connectivity index (χ0) is 18.2. The number of nitrogens with zero attached hydrogens (tertiary/aromatic N) is 1. The molecular formula is C18H25N3O4. The lowest BCUT2D eigenvalue weighted by Crippen LogP contribution is -2.48. The van der Waals surface area contributed by atoms with Gasteiger partial charge < -0.3 is 20.3 Å². The summed E-state index contributed by atoms with van der Waals surface area (Å²) in [4.78, 5) is 37.3. The molecule has 1 aromatic carbocycles. The number of esters is 1. The highest BCUT2D eigenvalue weighted by atomic mass is 16.5. The van der Waals surface area contributed by atoms with Gasteiger partial charge in [0.2, 0.25) is 0 Å². The number of carbonyl (C=O) groups is 3. The number of likely N-dealkylation sites (tertiary alicyclic amines) is 1. The molecule has 1 saturated heterocycles. The van der Waals surface area contributed by atoms with Gasteiger partial charge in [-0.05, 0) is 31.9 Å². The van der Waals surface area contributed by atoms with Gasteiger partial charge in [-0.1, -0.05) is 17.7 Å². The van der Waals surface area contributed by atoms with Gasteiger partial charge in [0.25, 0.3) is 5.91 Å². The number of piperidine rings is 1. The van der Waals surface area contributed by atoms with Crippen molar-refractivity contribution in [3.8, 4) is 0 Å². The molecule has 1 aliphatic rings. The molecular weight excluding hydrogens is 322 g/mol. The first-order chi connectivity index (χ1) is 12.0. The highest BCUT2D eigenvalue weighted by Gasteiger charge is 2.28. The van der Waals surface area contributed by atoms with Gasteiger partial charge >= 0.3 is 12.0 Å². The summed E-state index contributed by atoms with van der Waals surface area (Å²) in [6, 6.07) is 7.07. The summed E-state index contributed by atoms with van der Waals surface area (Å²) in [5.41, 5.74) is 1.68. The fourth-order valence-electron chi connectivity index (χ4n) is 2.78. The lowest BCUT2D eigenvalue weighted by molar-refractivity contribution is -0.146. The fraction of sp³-hybridized carbons (Fsp3) is 0.500. The number of nitrogens with one attached hydrogen (secondary N) is 2. The Balaban J connectivity index is 1.70. The third kappa shape index (κ3) is 5.48. The Bertz CT molecular complexity index is 615. The molecule has 25 heavy (non-hydrogen) atoms. The molecule has 0 saturated carbocycles. The van der Waals surface area contributed by atoms with E-state index in [1.54, 1.807) is 17.0 Å². The quantitative estimate of drug-likeness (QED) is 0.621. The zero-order valence-corrected chi connectivity index (χ0v) is 14.7. The van der Waals surface area contributed by atoms with Crippen LogP contribution in [-0.2, 0) is 9.53 Å². The molecule has 0 spiro atoms. The summed E-state index contributed by atoms with van der Waals surface area (Å²) < 4.78 is 4.75. The number of hydrogen-bond donors (Lipinski definition) is 2. The monoisotopic (exact) mass is 347 g/mol. The molecule has 0 aliphatic carbocycles. The summed E-state index contributed by atoms with van der Waals surface area (Å²) in [5.74, 6) is -0.702. The van der Waals surface area contributed by atoms with Crippen molar-refractivity contribution in [1.82, 2.24) is 15.5 Å². The molecule has 1 fully saturated rings. The van der Waals surface area contributed by atoms with Gasteiger partial charge in [0.1, 0.15) is 0 Å². The summed E-state index contributed by atoms with van der Waals surface area (Å²) in [6.07, 6.45) is 1.51. The van der Waals surface area contributed by atoms with Crippen molar-refractivity contribution in [1.29, 1.82) is 0 Å². The Morgan fingerprint density at radius 1 is 1.16 bits per heavy atom. The molecule has 1 heterocycles. The second kappa shape index (κ2) is 9.05. The van der Waals surface area contributed by atoms with E-state index in [1.807, 2.05) is 19.1 Å². The van der Waals surface area contributed by atoms with Crippen LogP contribution in [0.2, 0.25) is 0 Å². The number of ether oxygens (including phenoxy) is 1. The van der Waals surface area contributed by atoms with Crippen molar-refractivity contribution >= 4 is 17.9 Å². The number of benzene rings is 1. The first kappa shape index (κ1) is 18.8. The van der Waals surface area contributed by atoms with E-state index in [0.29, 0.717) is 31.7 Å². The van der Waals surface area contributed by atoms with Gasteiger partial charge in [0, 0.05) is 31.7 Å². The summed E-state index contributed by atoms with van der Waals surface area (Å²) in [5, 5.41) is 5.53. The normalized spacial score (nSPS) is 16.9. The molecule has 0 aromatic heterocycles. The molecule has 0 bridgehead atoms. The second-order valence-electron chi connectivity index (χ2n) is 6.16. The van der Waals surface area contributed by atoms with Gasteiger partial charge in [-0.15, -0.1) is 0 Å². The number of methoxy groups -OCH3 is 1. The maximum atomic E-state index is 12.2. The van der Waals surface area contributed by atoms with Crippen LogP contribution in [0.25, 0.3) is 0 Å². The van der Waals surface area contributed by atoms with Crippen LogP contribution < -0.4 is 10.6 Å². The topological polar surface area (TPSA) is 87.7 Å². The summed E-state index contributed by atoms with van der Waals surface area (Å²) >= 11 is 0. The average Bonchev–Trinajstić information content (AvgIpc) is 2.64. The van der Waals surface area contributed by atoms with Crippen LogP contribution >= 0.6 is 0 Å². The predicted molar refractivity (Wildman–Crippen MR) is 93.2 cm³/mol. The van der Waals surface area contributed by atoms with Gasteiger partial charge in [0.05, 0.1) is 13.0 Å². The van der Waals surface area contributed by atoms with Crippen molar-refractivity contribution in [3.63, 3.8) is 0 Å². The SMILES string of the molecule is COC(=O)C1CCCN(C(=O)NCCNC(=O)c2ccc(C)cc2)C1. The first-order valence-corrected chi connectivity index (χ1v) is 8.46. The van der Waals surface area contributed by atoms with Crippen LogP contribution in [0.3, 0.4) is 0 Å². The molecule has 1 unspecified atom stereocenters. The average molecular weight is 347 g/mol. The third-order valence-electron chi connectivity index (χ3n) is 4.24. The maximum absolute atomic E-state index is 12.2. The van der Waals surface area contributed by atoms with E-state index in [0.717, 1.165) is 18.4 Å². The van der Waals surface area contributed by atoms with E-state index in [2.05, 4.69) is 10.6 Å². The molecule has 1 aromatic rings. The zero-order valence-electron chi connectivity index (χ0n) is 14.7. The Labute approximate surface area is 147 Å². The van der Waals surface area contributed by atoms with Gasteiger partial charge in [0.15, 0.2) is 0 Å². The molecule has 1 atom stereocenters. The molecule has 136 valence electrons. The standard InChI is InChI=1S/C18H25N3O4/c1-13-5-7-14(8-6-13)16(22)19-9-10-20-18(24)21-11-3-4-15(12-21)17(23)25-2/h5-8,15H,3-4,9-12H2,1-2H3,(H,19,22)(H,20,24). The molecule has 3 amide bonds. The van der Waals surface area contributed by atoms with Crippen LogP contribution in [0.15, 0.2) is 24.3 Å². The van der Waals surface area contributed by atoms with E-state index in [-0.39, 0.29) is 23.8 Å². The molecule has 2 N–H and O–H groups in total. The first-order valence-electron chi connectivity index (χ1n) is 8.46. The van der Waals surface area contributed by atoms with Crippen molar-refractivity contribution in [2.75, 3.05) is 33.3 Å². The van der Waals surface area contributed by atoms with Crippen LogP contribution in [0.4, 0.5) is 4.79 Å². The van der Waals surface area contributed by atoms with Crippen molar-refractivity contribution in [2.45, 2.75) is 19.8 Å². The number of hydrogen-bond acceptors (Lipinski definition) is 4. The Morgan fingerprint density at radius 2 is 1.84 bits per heavy atom. The maximum Gasteiger partial charge on any atom is 0.317 e. The van der Waals surface area contributed by atoms with Crippen molar-refractivity contribution in [3.05, 3.63) is 35.4 Å². The molecule has 1 aliphatic heterocycles. The number of amides is 3. The second-order valence-corrected chi connectivity index (χ2v) is 6.16. The minimum absolute atomic E-state index is 0.169. The highest BCUT2D eigenvalue weighted by Crippen LogP contribution is 2.17. The van der Waals surface area contributed by atoms with E-state index in [1.165, 1.54) is 7.11 Å². The molecule has 7 heteroatoms. The van der Waals surface area contributed by atoms with Gasteiger partial charge in [-0.3, -0.25) is 9.59 Å². The lowest BCUT2D eigenvalue weighted by atomic mass is 9.98. The van der Waals surface area contributed by atoms with Crippen LogP contribution in [0, 0.1) is 12.8 Å². The van der Waals surface area contributed by atoms with Crippen LogP contribution in [0.5, 0.6) is 0 Å². The molecule has 2 rings (SSSR count). The number of rotatable bonds is 5. The highest BCUT2D eigenvalue weighted by molar-refractivity contribution is 5.94. The van der Waals surface area contributed by atoms with E-state index >= 15 is 0 Å². The molecule has 7 nitrogen and oxygen atoms in total. The van der Waals surface area contributed by atoms with E-state index in [4.69, 9.17) is 4.74 Å². The molecule has 0 radical (unpaired) electrons. The summed E-state index contributed by atoms with van der Waals surface area (Å²) in [6.45, 7) is 3.62. The van der Waals surface area contributed by atoms with Crippen LogP contribution in [0.1, 0.15) is 28.8 Å². The van der Waals surface area contributed by atoms with E-state index < -0.39 is 0 Å². The largest absolute Gasteiger partial charge is 0.469 e. The predicted octanol–water partition coefficient (Wildman–Crippen LogP) is 1.32. The third-order valence-corrected chi connectivity index (χ3v) is 4.24. The van der Waals surface area contributed by atoms with Crippen molar-refractivity contribution < 1.29 is 19.1 Å². The number of aryl methyl sites for hydroxylation is 1. The fourth-order valence-corrected chi connectivity index (χ4v) is 2.78. The number of urea groups is 1. The lowest BCUT2D eigenvalue weighted by Gasteiger charge is -2.31. The Hall–Kier alpha value is -2.57. The van der Waals surface area contributed by atoms with Gasteiger partial charge in [-0.2, -0.15) is 0 Å².